The third kappa shape index (κ3) is 1.96. The Morgan fingerprint density at radius 2 is 2.06 bits per heavy atom. The van der Waals surface area contributed by atoms with E-state index >= 15 is 0 Å². The summed E-state index contributed by atoms with van der Waals surface area (Å²) >= 11 is 0. The third-order valence-electron chi connectivity index (χ3n) is 2.98. The summed E-state index contributed by atoms with van der Waals surface area (Å²) in [5.74, 6) is 1.51. The summed E-state index contributed by atoms with van der Waals surface area (Å²) in [6, 6.07) is 3.45. The first-order valence-electron chi connectivity index (χ1n) is 5.98. The second-order valence-electron chi connectivity index (χ2n) is 3.86. The van der Waals surface area contributed by atoms with Gasteiger partial charge >= 0.3 is 0 Å². The highest BCUT2D eigenvalue weighted by Gasteiger charge is 2.26. The third-order valence-corrected chi connectivity index (χ3v) is 2.98. The monoisotopic (exact) mass is 251 g/mol. The van der Waals surface area contributed by atoms with Gasteiger partial charge in [0.05, 0.1) is 12.7 Å². The SMILES string of the molecule is CCN(CC)C(=O)c1ccc2c(c1OC)OCO2. The minimum Gasteiger partial charge on any atom is -0.492 e. The molecule has 0 unspecified atom stereocenters. The first kappa shape index (κ1) is 12.5. The lowest BCUT2D eigenvalue weighted by molar-refractivity contribution is 0.0768. The van der Waals surface area contributed by atoms with Crippen LogP contribution in [0.5, 0.6) is 17.2 Å². The molecule has 0 aliphatic carbocycles. The number of methoxy groups -OCH3 is 1. The fourth-order valence-corrected chi connectivity index (χ4v) is 2.00. The molecule has 5 heteroatoms. The van der Waals surface area contributed by atoms with Crippen LogP contribution in [0.3, 0.4) is 0 Å². The first-order chi connectivity index (χ1) is 8.72. The molecule has 1 aliphatic rings. The van der Waals surface area contributed by atoms with Crippen molar-refractivity contribution in [2.75, 3.05) is 27.0 Å². The number of fused-ring (bicyclic) bond motifs is 1. The normalized spacial score (nSPS) is 12.4. The molecule has 1 amide bonds. The van der Waals surface area contributed by atoms with Crippen LogP contribution in [0.15, 0.2) is 12.1 Å². The van der Waals surface area contributed by atoms with Crippen LogP contribution in [0.1, 0.15) is 24.2 Å². The van der Waals surface area contributed by atoms with Crippen molar-refractivity contribution >= 4 is 5.91 Å². The molecule has 0 spiro atoms. The maximum Gasteiger partial charge on any atom is 0.257 e. The van der Waals surface area contributed by atoms with Gasteiger partial charge in [-0.2, -0.15) is 0 Å². The van der Waals surface area contributed by atoms with Crippen LogP contribution in [0.2, 0.25) is 0 Å². The van der Waals surface area contributed by atoms with E-state index in [1.807, 2.05) is 13.8 Å². The number of nitrogens with zero attached hydrogens (tertiary/aromatic N) is 1. The standard InChI is InChI=1S/C13H17NO4/c1-4-14(5-2)13(15)9-6-7-10-12(11(9)16-3)18-8-17-10/h6-7H,4-5,8H2,1-3H3. The molecular formula is C13H17NO4. The maximum absolute atomic E-state index is 12.3. The summed E-state index contributed by atoms with van der Waals surface area (Å²) < 4.78 is 15.9. The van der Waals surface area contributed by atoms with Gasteiger partial charge in [-0.1, -0.05) is 0 Å². The molecule has 0 fully saturated rings. The molecule has 1 heterocycles. The van der Waals surface area contributed by atoms with Crippen molar-refractivity contribution in [2.45, 2.75) is 13.8 Å². The molecule has 0 atom stereocenters. The average molecular weight is 251 g/mol. The molecule has 1 aromatic rings. The van der Waals surface area contributed by atoms with E-state index in [2.05, 4.69) is 0 Å². The van der Waals surface area contributed by atoms with Crippen LogP contribution in [-0.4, -0.2) is 37.8 Å². The zero-order valence-corrected chi connectivity index (χ0v) is 10.9. The minimum atomic E-state index is -0.0600. The van der Waals surface area contributed by atoms with Gasteiger partial charge in [-0.05, 0) is 26.0 Å². The maximum atomic E-state index is 12.3. The number of carbonyl (C=O) groups excluding carboxylic acids is 1. The highest BCUT2D eigenvalue weighted by molar-refractivity contribution is 5.98. The number of hydrogen-bond donors (Lipinski definition) is 0. The smallest absolute Gasteiger partial charge is 0.257 e. The molecule has 0 aromatic heterocycles. The van der Waals surface area contributed by atoms with E-state index in [0.29, 0.717) is 35.9 Å². The van der Waals surface area contributed by atoms with Crippen LogP contribution in [0.4, 0.5) is 0 Å². The molecular weight excluding hydrogens is 234 g/mol. The Bertz CT molecular complexity index is 455. The van der Waals surface area contributed by atoms with Crippen LogP contribution in [0.25, 0.3) is 0 Å². The Morgan fingerprint density at radius 1 is 1.33 bits per heavy atom. The van der Waals surface area contributed by atoms with Crippen molar-refractivity contribution in [3.8, 4) is 17.2 Å². The fraction of sp³-hybridized carbons (Fsp3) is 0.462. The van der Waals surface area contributed by atoms with Gasteiger partial charge in [0.25, 0.3) is 5.91 Å². The quantitative estimate of drug-likeness (QED) is 0.820. The molecule has 0 saturated carbocycles. The zero-order chi connectivity index (χ0) is 13.1. The molecule has 1 aliphatic heterocycles. The lowest BCUT2D eigenvalue weighted by Gasteiger charge is -2.20. The van der Waals surface area contributed by atoms with Crippen molar-refractivity contribution in [3.63, 3.8) is 0 Å². The van der Waals surface area contributed by atoms with Gasteiger partial charge in [-0.3, -0.25) is 4.79 Å². The Kier molecular flexibility index (Phi) is 3.60. The summed E-state index contributed by atoms with van der Waals surface area (Å²) in [7, 11) is 1.52. The molecule has 2 rings (SSSR count). The van der Waals surface area contributed by atoms with Crippen molar-refractivity contribution in [1.29, 1.82) is 0 Å². The molecule has 5 nitrogen and oxygen atoms in total. The molecule has 98 valence electrons. The Labute approximate surface area is 106 Å². The van der Waals surface area contributed by atoms with Gasteiger partial charge in [-0.25, -0.2) is 0 Å². The van der Waals surface area contributed by atoms with Crippen molar-refractivity contribution in [3.05, 3.63) is 17.7 Å². The number of ether oxygens (including phenoxy) is 3. The van der Waals surface area contributed by atoms with Crippen molar-refractivity contribution < 1.29 is 19.0 Å². The average Bonchev–Trinajstić information content (AvgIpc) is 2.86. The zero-order valence-electron chi connectivity index (χ0n) is 10.9. The number of hydrogen-bond acceptors (Lipinski definition) is 4. The number of benzene rings is 1. The molecule has 1 aromatic carbocycles. The second kappa shape index (κ2) is 5.16. The summed E-state index contributed by atoms with van der Waals surface area (Å²) in [5.41, 5.74) is 0.505. The van der Waals surface area contributed by atoms with Gasteiger partial charge in [0, 0.05) is 13.1 Å². The van der Waals surface area contributed by atoms with Gasteiger partial charge in [0.1, 0.15) is 0 Å². The molecule has 0 radical (unpaired) electrons. The molecule has 18 heavy (non-hydrogen) atoms. The van der Waals surface area contributed by atoms with E-state index in [4.69, 9.17) is 14.2 Å². The Balaban J connectivity index is 2.42. The highest BCUT2D eigenvalue weighted by Crippen LogP contribution is 2.43. The van der Waals surface area contributed by atoms with Crippen LogP contribution >= 0.6 is 0 Å². The summed E-state index contributed by atoms with van der Waals surface area (Å²) in [4.78, 5) is 14.1. The lowest BCUT2D eigenvalue weighted by Crippen LogP contribution is -2.30. The predicted molar refractivity (Wildman–Crippen MR) is 66.4 cm³/mol. The van der Waals surface area contributed by atoms with Crippen molar-refractivity contribution in [2.24, 2.45) is 0 Å². The second-order valence-corrected chi connectivity index (χ2v) is 3.86. The van der Waals surface area contributed by atoms with Crippen LogP contribution < -0.4 is 14.2 Å². The molecule has 0 bridgehead atoms. The van der Waals surface area contributed by atoms with E-state index in [0.717, 1.165) is 0 Å². The number of rotatable bonds is 4. The van der Waals surface area contributed by atoms with E-state index in [9.17, 15) is 4.79 Å². The predicted octanol–water partition coefficient (Wildman–Crippen LogP) is 1.91. The Hall–Kier alpha value is -1.91. The van der Waals surface area contributed by atoms with E-state index in [-0.39, 0.29) is 12.7 Å². The van der Waals surface area contributed by atoms with Gasteiger partial charge in [0.2, 0.25) is 12.5 Å². The fourth-order valence-electron chi connectivity index (χ4n) is 2.00. The largest absolute Gasteiger partial charge is 0.492 e. The van der Waals surface area contributed by atoms with Gasteiger partial charge in [-0.15, -0.1) is 0 Å². The van der Waals surface area contributed by atoms with Crippen LogP contribution in [-0.2, 0) is 0 Å². The summed E-state index contributed by atoms with van der Waals surface area (Å²) in [5, 5.41) is 0. The topological polar surface area (TPSA) is 48.0 Å². The lowest BCUT2D eigenvalue weighted by atomic mass is 10.1. The van der Waals surface area contributed by atoms with Gasteiger partial charge < -0.3 is 19.1 Å². The number of carbonyl (C=O) groups is 1. The highest BCUT2D eigenvalue weighted by atomic mass is 16.7. The van der Waals surface area contributed by atoms with Crippen LogP contribution in [0, 0.1) is 0 Å². The van der Waals surface area contributed by atoms with E-state index < -0.39 is 0 Å². The Morgan fingerprint density at radius 3 is 2.67 bits per heavy atom. The molecule has 0 saturated heterocycles. The van der Waals surface area contributed by atoms with Gasteiger partial charge in [0.15, 0.2) is 11.5 Å². The summed E-state index contributed by atoms with van der Waals surface area (Å²) in [6.45, 7) is 5.37. The van der Waals surface area contributed by atoms with E-state index in [1.54, 1.807) is 17.0 Å². The number of amides is 1. The molecule has 0 N–H and O–H groups in total. The summed E-state index contributed by atoms with van der Waals surface area (Å²) in [6.07, 6.45) is 0. The van der Waals surface area contributed by atoms with Crippen molar-refractivity contribution in [1.82, 2.24) is 4.90 Å². The minimum absolute atomic E-state index is 0.0600. The van der Waals surface area contributed by atoms with E-state index in [1.165, 1.54) is 7.11 Å². The first-order valence-corrected chi connectivity index (χ1v) is 5.98.